The van der Waals surface area contributed by atoms with Crippen molar-refractivity contribution in [2.45, 2.75) is 31.6 Å². The zero-order chi connectivity index (χ0) is 19.9. The van der Waals surface area contributed by atoms with Crippen LogP contribution in [-0.2, 0) is 16.1 Å². The number of rotatable bonds is 6. The van der Waals surface area contributed by atoms with Gasteiger partial charge in [0.2, 0.25) is 11.8 Å². The van der Waals surface area contributed by atoms with Crippen molar-refractivity contribution in [3.05, 3.63) is 35.9 Å². The van der Waals surface area contributed by atoms with Crippen LogP contribution in [0.15, 0.2) is 30.3 Å². The summed E-state index contributed by atoms with van der Waals surface area (Å²) in [6.07, 6.45) is -3.55. The number of carbonyl (C=O) groups excluding carboxylic acids is 3. The summed E-state index contributed by atoms with van der Waals surface area (Å²) < 4.78 is 36.6. The monoisotopic (exact) mass is 386 g/mol. The van der Waals surface area contributed by atoms with Crippen LogP contribution in [0.4, 0.5) is 18.0 Å². The highest BCUT2D eigenvalue weighted by molar-refractivity contribution is 5.95. The smallest absolute Gasteiger partial charge is 0.346 e. The molecule has 7 nitrogen and oxygen atoms in total. The lowest BCUT2D eigenvalue weighted by Gasteiger charge is -2.23. The second kappa shape index (κ2) is 9.36. The Morgan fingerprint density at radius 3 is 2.48 bits per heavy atom. The fourth-order valence-corrected chi connectivity index (χ4v) is 2.79. The van der Waals surface area contributed by atoms with Gasteiger partial charge in [-0.15, -0.1) is 0 Å². The van der Waals surface area contributed by atoms with Gasteiger partial charge in [0.05, 0.1) is 12.6 Å². The molecule has 0 aliphatic carbocycles. The summed E-state index contributed by atoms with van der Waals surface area (Å²) in [5.74, 6) is -1.40. The van der Waals surface area contributed by atoms with Gasteiger partial charge in [0, 0.05) is 6.54 Å². The summed E-state index contributed by atoms with van der Waals surface area (Å²) >= 11 is 0. The third kappa shape index (κ3) is 7.26. The predicted octanol–water partition coefficient (Wildman–Crippen LogP) is 1.16. The molecule has 0 spiro atoms. The molecule has 1 atom stereocenters. The molecule has 148 valence electrons. The van der Waals surface area contributed by atoms with Crippen LogP contribution in [0.2, 0.25) is 0 Å². The van der Waals surface area contributed by atoms with E-state index in [2.05, 4.69) is 10.6 Å². The number of carbonyl (C=O) groups is 3. The molecule has 0 aromatic heterocycles. The summed E-state index contributed by atoms with van der Waals surface area (Å²) in [4.78, 5) is 37.1. The maximum Gasteiger partial charge on any atom is 0.405 e. The molecule has 1 aliphatic rings. The number of hydrogen-bond donors (Lipinski definition) is 3. The van der Waals surface area contributed by atoms with Gasteiger partial charge in [-0.3, -0.25) is 19.8 Å². The first-order chi connectivity index (χ1) is 12.7. The summed E-state index contributed by atoms with van der Waals surface area (Å²) in [5.41, 5.74) is 0.862. The lowest BCUT2D eigenvalue weighted by molar-refractivity contribution is -0.141. The van der Waals surface area contributed by atoms with Crippen molar-refractivity contribution in [1.29, 1.82) is 0 Å². The highest BCUT2D eigenvalue weighted by Crippen LogP contribution is 2.18. The van der Waals surface area contributed by atoms with Gasteiger partial charge < -0.3 is 10.6 Å². The first-order valence-electron chi connectivity index (χ1n) is 8.45. The molecule has 0 saturated carbocycles. The Labute approximate surface area is 154 Å². The molecule has 1 saturated heterocycles. The molecule has 4 amide bonds. The van der Waals surface area contributed by atoms with Crippen molar-refractivity contribution in [2.24, 2.45) is 0 Å². The molecule has 1 fully saturated rings. The first kappa shape index (κ1) is 20.7. The van der Waals surface area contributed by atoms with Gasteiger partial charge in [-0.25, -0.2) is 4.79 Å². The first-order valence-corrected chi connectivity index (χ1v) is 8.45. The van der Waals surface area contributed by atoms with E-state index in [1.54, 1.807) is 0 Å². The number of likely N-dealkylation sites (tertiary alicyclic amines) is 1. The molecule has 0 bridgehead atoms. The van der Waals surface area contributed by atoms with Crippen molar-refractivity contribution in [1.82, 2.24) is 20.9 Å². The van der Waals surface area contributed by atoms with Gasteiger partial charge in [-0.1, -0.05) is 30.3 Å². The topological polar surface area (TPSA) is 90.5 Å². The van der Waals surface area contributed by atoms with E-state index >= 15 is 0 Å². The fourth-order valence-electron chi connectivity index (χ4n) is 2.79. The SMILES string of the molecule is O=C(CN1CCCC1C(=O)NCC(F)(F)F)NC(=O)NCc1ccccc1. The Morgan fingerprint density at radius 2 is 1.81 bits per heavy atom. The summed E-state index contributed by atoms with van der Waals surface area (Å²) in [5, 5.41) is 6.51. The van der Waals surface area contributed by atoms with Crippen LogP contribution in [0.25, 0.3) is 0 Å². The van der Waals surface area contributed by atoms with Crippen LogP contribution in [0.3, 0.4) is 0 Å². The van der Waals surface area contributed by atoms with Crippen molar-refractivity contribution >= 4 is 17.8 Å². The summed E-state index contributed by atoms with van der Waals surface area (Å²) in [6.45, 7) is -1.03. The maximum atomic E-state index is 12.2. The zero-order valence-electron chi connectivity index (χ0n) is 14.5. The molecular formula is C17H21F3N4O3. The van der Waals surface area contributed by atoms with E-state index in [1.807, 2.05) is 35.6 Å². The molecule has 1 unspecified atom stereocenters. The van der Waals surface area contributed by atoms with Gasteiger partial charge in [0.15, 0.2) is 0 Å². The van der Waals surface area contributed by atoms with E-state index in [1.165, 1.54) is 4.90 Å². The number of imide groups is 1. The average Bonchev–Trinajstić information content (AvgIpc) is 3.06. The number of benzene rings is 1. The molecule has 1 aromatic carbocycles. The van der Waals surface area contributed by atoms with Gasteiger partial charge in [0.25, 0.3) is 0 Å². The van der Waals surface area contributed by atoms with Gasteiger partial charge in [-0.05, 0) is 24.9 Å². The third-order valence-electron chi connectivity index (χ3n) is 4.02. The normalized spacial score (nSPS) is 17.4. The highest BCUT2D eigenvalue weighted by Gasteiger charge is 2.34. The van der Waals surface area contributed by atoms with E-state index in [9.17, 15) is 27.6 Å². The van der Waals surface area contributed by atoms with Gasteiger partial charge in [0.1, 0.15) is 6.54 Å². The molecular weight excluding hydrogens is 365 g/mol. The highest BCUT2D eigenvalue weighted by atomic mass is 19.4. The van der Waals surface area contributed by atoms with Crippen molar-refractivity contribution in [3.8, 4) is 0 Å². The molecule has 1 aromatic rings. The quantitative estimate of drug-likeness (QED) is 0.684. The van der Waals surface area contributed by atoms with Gasteiger partial charge in [-0.2, -0.15) is 13.2 Å². The minimum absolute atomic E-state index is 0.242. The van der Waals surface area contributed by atoms with Crippen LogP contribution in [0.1, 0.15) is 18.4 Å². The summed E-state index contributed by atoms with van der Waals surface area (Å²) in [7, 11) is 0. The maximum absolute atomic E-state index is 12.2. The minimum Gasteiger partial charge on any atom is -0.346 e. The van der Waals surface area contributed by atoms with Crippen molar-refractivity contribution in [3.63, 3.8) is 0 Å². The Hall–Kier alpha value is -2.62. The Bertz CT molecular complexity index is 667. The molecule has 1 heterocycles. The largest absolute Gasteiger partial charge is 0.405 e. The zero-order valence-corrected chi connectivity index (χ0v) is 14.5. The number of amides is 4. The van der Waals surface area contributed by atoms with Crippen LogP contribution in [0, 0.1) is 0 Å². The Balaban J connectivity index is 1.76. The number of hydrogen-bond acceptors (Lipinski definition) is 4. The Morgan fingerprint density at radius 1 is 1.11 bits per heavy atom. The lowest BCUT2D eigenvalue weighted by atomic mass is 10.2. The number of urea groups is 1. The van der Waals surface area contributed by atoms with E-state index in [4.69, 9.17) is 0 Å². The second-order valence-electron chi connectivity index (χ2n) is 6.18. The number of nitrogens with one attached hydrogen (secondary N) is 3. The van der Waals surface area contributed by atoms with E-state index in [0.717, 1.165) is 5.56 Å². The van der Waals surface area contributed by atoms with E-state index in [-0.39, 0.29) is 13.1 Å². The van der Waals surface area contributed by atoms with E-state index < -0.39 is 36.6 Å². The fraction of sp³-hybridized carbons (Fsp3) is 0.471. The van der Waals surface area contributed by atoms with Gasteiger partial charge >= 0.3 is 12.2 Å². The minimum atomic E-state index is -4.49. The molecule has 0 radical (unpaired) electrons. The summed E-state index contributed by atoms with van der Waals surface area (Å²) in [6, 6.07) is 7.61. The number of halogens is 3. The second-order valence-corrected chi connectivity index (χ2v) is 6.18. The number of alkyl halides is 3. The van der Waals surface area contributed by atoms with Crippen LogP contribution in [0.5, 0.6) is 0 Å². The van der Waals surface area contributed by atoms with E-state index in [0.29, 0.717) is 19.4 Å². The van der Waals surface area contributed by atoms with Crippen LogP contribution < -0.4 is 16.0 Å². The molecule has 27 heavy (non-hydrogen) atoms. The van der Waals surface area contributed by atoms with Crippen LogP contribution >= 0.6 is 0 Å². The predicted molar refractivity (Wildman–Crippen MR) is 90.5 cm³/mol. The van der Waals surface area contributed by atoms with Crippen molar-refractivity contribution < 1.29 is 27.6 Å². The Kier molecular flexibility index (Phi) is 7.17. The standard InChI is InChI=1S/C17H21F3N4O3/c18-17(19,20)11-22-15(26)13-7-4-8-24(13)10-14(25)23-16(27)21-9-12-5-2-1-3-6-12/h1-3,5-6,13H,4,7-11H2,(H,22,26)(H2,21,23,25,27). The lowest BCUT2D eigenvalue weighted by Crippen LogP contribution is -2.50. The molecule has 1 aliphatic heterocycles. The third-order valence-corrected chi connectivity index (χ3v) is 4.02. The van der Waals surface area contributed by atoms with Crippen molar-refractivity contribution in [2.75, 3.05) is 19.6 Å². The molecule has 3 N–H and O–H groups in total. The average molecular weight is 386 g/mol. The molecule has 2 rings (SSSR count). The van der Waals surface area contributed by atoms with Crippen LogP contribution in [-0.4, -0.2) is 54.6 Å². The molecule has 10 heteroatoms. The number of nitrogens with zero attached hydrogens (tertiary/aromatic N) is 1.